The van der Waals surface area contributed by atoms with E-state index in [9.17, 15) is 9.90 Å². The molecule has 0 aromatic rings. The summed E-state index contributed by atoms with van der Waals surface area (Å²) >= 11 is 0. The van der Waals surface area contributed by atoms with Crippen molar-refractivity contribution in [1.82, 2.24) is 0 Å². The number of carbonyl (C=O) groups excluding carboxylic acids is 1. The topological polar surface area (TPSA) is 57.5 Å². The Labute approximate surface area is 108 Å². The van der Waals surface area contributed by atoms with Crippen LogP contribution in [-0.4, -0.2) is 28.2 Å². The fourth-order valence-electron chi connectivity index (χ4n) is 2.86. The summed E-state index contributed by atoms with van der Waals surface area (Å²) in [5.41, 5.74) is -0.109. The van der Waals surface area contributed by atoms with E-state index in [4.69, 9.17) is 5.11 Å². The average Bonchev–Trinajstić information content (AvgIpc) is 2.47. The highest BCUT2D eigenvalue weighted by atomic mass is 16.3. The molecule has 98 valence electrons. The maximum atomic E-state index is 11.9. The maximum Gasteiger partial charge on any atom is 0.192 e. The van der Waals surface area contributed by atoms with Crippen LogP contribution in [0.5, 0.6) is 0 Å². The van der Waals surface area contributed by atoms with E-state index in [1.54, 1.807) is 12.2 Å². The van der Waals surface area contributed by atoms with Gasteiger partial charge in [-0.3, -0.25) is 4.79 Å². The van der Waals surface area contributed by atoms with Crippen molar-refractivity contribution in [3.8, 4) is 0 Å². The van der Waals surface area contributed by atoms with Crippen molar-refractivity contribution in [1.29, 1.82) is 0 Å². The summed E-state index contributed by atoms with van der Waals surface area (Å²) in [6, 6.07) is 0. The fraction of sp³-hybridized carbons (Fsp3) is 0.533. The highest BCUT2D eigenvalue weighted by Gasteiger charge is 2.62. The smallest absolute Gasteiger partial charge is 0.192 e. The van der Waals surface area contributed by atoms with Crippen LogP contribution in [0.3, 0.4) is 0 Å². The minimum Gasteiger partial charge on any atom is -0.392 e. The molecule has 3 nitrogen and oxygen atoms in total. The first-order chi connectivity index (χ1) is 8.37. The van der Waals surface area contributed by atoms with Crippen LogP contribution < -0.4 is 0 Å². The summed E-state index contributed by atoms with van der Waals surface area (Å²) in [4.78, 5) is 11.9. The van der Waals surface area contributed by atoms with Crippen molar-refractivity contribution in [2.75, 3.05) is 6.61 Å². The summed E-state index contributed by atoms with van der Waals surface area (Å²) in [6.07, 6.45) is 7.56. The van der Waals surface area contributed by atoms with Crippen LogP contribution in [0, 0.1) is 11.3 Å². The first-order valence-electron chi connectivity index (χ1n) is 6.33. The molecule has 0 fully saturated rings. The Hall–Kier alpha value is -1.19. The number of hydrogen-bond donors (Lipinski definition) is 2. The molecule has 0 saturated carbocycles. The molecule has 2 atom stereocenters. The predicted octanol–water partition coefficient (Wildman–Crippen LogP) is 1.77. The fourth-order valence-corrected chi connectivity index (χ4v) is 2.86. The van der Waals surface area contributed by atoms with Gasteiger partial charge >= 0.3 is 0 Å². The van der Waals surface area contributed by atoms with Gasteiger partial charge in [0.1, 0.15) is 0 Å². The molecule has 0 heterocycles. The van der Waals surface area contributed by atoms with Crippen molar-refractivity contribution in [2.45, 2.75) is 32.8 Å². The maximum absolute atomic E-state index is 11.9. The van der Waals surface area contributed by atoms with E-state index < -0.39 is 11.0 Å². The molecule has 0 bridgehead atoms. The SMILES string of the molecule is C/C(=C\C[C@]12C=C[C@@]1(O)C(=O)C=C2C(C)C)CO. The number of aliphatic hydroxyl groups is 2. The van der Waals surface area contributed by atoms with Gasteiger partial charge in [-0.15, -0.1) is 0 Å². The van der Waals surface area contributed by atoms with Crippen molar-refractivity contribution in [3.63, 3.8) is 0 Å². The monoisotopic (exact) mass is 248 g/mol. The minimum absolute atomic E-state index is 0.00684. The lowest BCUT2D eigenvalue weighted by Crippen LogP contribution is -2.54. The number of carbonyl (C=O) groups is 1. The lowest BCUT2D eigenvalue weighted by Gasteiger charge is -2.47. The van der Waals surface area contributed by atoms with E-state index >= 15 is 0 Å². The highest BCUT2D eigenvalue weighted by molar-refractivity contribution is 6.06. The number of hydrogen-bond acceptors (Lipinski definition) is 3. The zero-order chi connectivity index (χ0) is 13.6. The molecule has 0 aromatic carbocycles. The molecule has 18 heavy (non-hydrogen) atoms. The number of fused-ring (bicyclic) bond motifs is 1. The van der Waals surface area contributed by atoms with Crippen LogP contribution in [0.4, 0.5) is 0 Å². The van der Waals surface area contributed by atoms with Crippen molar-refractivity contribution < 1.29 is 15.0 Å². The van der Waals surface area contributed by atoms with E-state index in [1.165, 1.54) is 0 Å². The third kappa shape index (κ3) is 1.54. The van der Waals surface area contributed by atoms with Gasteiger partial charge in [0.2, 0.25) is 0 Å². The van der Waals surface area contributed by atoms with Gasteiger partial charge in [0.15, 0.2) is 11.4 Å². The van der Waals surface area contributed by atoms with Crippen LogP contribution in [0.2, 0.25) is 0 Å². The van der Waals surface area contributed by atoms with E-state index in [1.807, 2.05) is 32.9 Å². The summed E-state index contributed by atoms with van der Waals surface area (Å²) < 4.78 is 0. The molecule has 0 aliphatic heterocycles. The normalized spacial score (nSPS) is 34.7. The molecule has 0 saturated heterocycles. The Bertz CT molecular complexity index is 470. The second kappa shape index (κ2) is 4.18. The molecule has 0 spiro atoms. The van der Waals surface area contributed by atoms with Gasteiger partial charge in [-0.05, 0) is 31.4 Å². The Morgan fingerprint density at radius 2 is 2.11 bits per heavy atom. The first kappa shape index (κ1) is 13.2. The van der Waals surface area contributed by atoms with Gasteiger partial charge in [0.25, 0.3) is 0 Å². The molecular formula is C15H20O3. The van der Waals surface area contributed by atoms with E-state index in [2.05, 4.69) is 0 Å². The van der Waals surface area contributed by atoms with Crippen molar-refractivity contribution in [2.24, 2.45) is 11.3 Å². The molecule has 3 heteroatoms. The lowest BCUT2D eigenvalue weighted by atomic mass is 9.58. The second-order valence-electron chi connectivity index (χ2n) is 5.60. The molecule has 2 aliphatic carbocycles. The predicted molar refractivity (Wildman–Crippen MR) is 69.9 cm³/mol. The summed E-state index contributed by atoms with van der Waals surface area (Å²) in [6.45, 7) is 5.91. The molecule has 0 aromatic heterocycles. The van der Waals surface area contributed by atoms with Crippen LogP contribution in [-0.2, 0) is 4.79 Å². The van der Waals surface area contributed by atoms with Crippen LogP contribution >= 0.6 is 0 Å². The Kier molecular flexibility index (Phi) is 3.07. The van der Waals surface area contributed by atoms with Crippen LogP contribution in [0.25, 0.3) is 0 Å². The van der Waals surface area contributed by atoms with Crippen LogP contribution in [0.15, 0.2) is 35.5 Å². The third-order valence-electron chi connectivity index (χ3n) is 4.11. The molecule has 0 unspecified atom stereocenters. The Balaban J connectivity index is 2.37. The van der Waals surface area contributed by atoms with Crippen LogP contribution in [0.1, 0.15) is 27.2 Å². The van der Waals surface area contributed by atoms with Gasteiger partial charge in [0.05, 0.1) is 12.0 Å². The number of aliphatic hydroxyl groups excluding tert-OH is 1. The Morgan fingerprint density at radius 1 is 1.44 bits per heavy atom. The quantitative estimate of drug-likeness (QED) is 0.745. The highest BCUT2D eigenvalue weighted by Crippen LogP contribution is 2.58. The van der Waals surface area contributed by atoms with Gasteiger partial charge in [0, 0.05) is 0 Å². The van der Waals surface area contributed by atoms with Gasteiger partial charge < -0.3 is 10.2 Å². The van der Waals surface area contributed by atoms with Crippen molar-refractivity contribution in [3.05, 3.63) is 35.5 Å². The molecule has 0 radical (unpaired) electrons. The van der Waals surface area contributed by atoms with Crippen molar-refractivity contribution >= 4 is 5.78 Å². The first-order valence-corrected chi connectivity index (χ1v) is 6.33. The van der Waals surface area contributed by atoms with E-state index in [0.717, 1.165) is 11.1 Å². The third-order valence-corrected chi connectivity index (χ3v) is 4.11. The standard InChI is InChI=1S/C15H20O3/c1-10(2)12-8-13(17)15(18)7-6-14(12,15)5-4-11(3)9-16/h4,6-8,10,16,18H,5,9H2,1-3H3/b11-4+/t14-,15-/m1/s1. The minimum atomic E-state index is -1.36. The molecule has 2 rings (SSSR count). The molecular weight excluding hydrogens is 228 g/mol. The Morgan fingerprint density at radius 3 is 2.56 bits per heavy atom. The lowest BCUT2D eigenvalue weighted by molar-refractivity contribution is -0.134. The number of ketones is 1. The molecule has 0 amide bonds. The van der Waals surface area contributed by atoms with Gasteiger partial charge in [-0.1, -0.05) is 37.1 Å². The van der Waals surface area contributed by atoms with E-state index in [-0.39, 0.29) is 18.3 Å². The van der Waals surface area contributed by atoms with Gasteiger partial charge in [-0.25, -0.2) is 0 Å². The van der Waals surface area contributed by atoms with Gasteiger partial charge in [-0.2, -0.15) is 0 Å². The zero-order valence-electron chi connectivity index (χ0n) is 11.1. The number of rotatable bonds is 4. The largest absolute Gasteiger partial charge is 0.392 e. The summed E-state index contributed by atoms with van der Waals surface area (Å²) in [5, 5.41) is 19.5. The van der Waals surface area contributed by atoms with E-state index in [0.29, 0.717) is 6.42 Å². The summed E-state index contributed by atoms with van der Waals surface area (Å²) in [7, 11) is 0. The number of allylic oxidation sites excluding steroid dienone is 1. The summed E-state index contributed by atoms with van der Waals surface area (Å²) in [5.74, 6) is -0.000454. The average molecular weight is 248 g/mol. The molecule has 2 aliphatic rings. The zero-order valence-corrected chi connectivity index (χ0v) is 11.1. The second-order valence-corrected chi connectivity index (χ2v) is 5.60. The molecule has 2 N–H and O–H groups in total.